The van der Waals surface area contributed by atoms with Crippen LogP contribution in [0.5, 0.6) is 11.5 Å². The topological polar surface area (TPSA) is 47.9 Å². The normalized spacial score (nSPS) is 13.2. The molecule has 4 nitrogen and oxygen atoms in total. The molecule has 0 saturated heterocycles. The Balaban J connectivity index is 1.54. The van der Waals surface area contributed by atoms with E-state index < -0.39 is 6.10 Å². The van der Waals surface area contributed by atoms with Gasteiger partial charge in [0.1, 0.15) is 17.6 Å². The molecule has 3 aromatic rings. The van der Waals surface area contributed by atoms with Gasteiger partial charge in [0.15, 0.2) is 6.29 Å². The van der Waals surface area contributed by atoms with Crippen molar-refractivity contribution in [1.29, 1.82) is 0 Å². The number of ether oxygens (including phenoxy) is 3. The van der Waals surface area contributed by atoms with Crippen molar-refractivity contribution in [1.82, 2.24) is 0 Å². The number of aliphatic hydroxyl groups is 1. The van der Waals surface area contributed by atoms with Gasteiger partial charge in [0.05, 0.1) is 6.61 Å². The van der Waals surface area contributed by atoms with Crippen molar-refractivity contribution in [2.75, 3.05) is 13.7 Å². The van der Waals surface area contributed by atoms with E-state index in [0.717, 1.165) is 28.0 Å². The van der Waals surface area contributed by atoms with Gasteiger partial charge >= 0.3 is 0 Å². The van der Waals surface area contributed by atoms with Gasteiger partial charge in [0.25, 0.3) is 0 Å². The van der Waals surface area contributed by atoms with Gasteiger partial charge in [-0.1, -0.05) is 85.5 Å². The highest BCUT2D eigenvalue weighted by atomic mass is 16.7. The third-order valence-corrected chi connectivity index (χ3v) is 5.07. The summed E-state index contributed by atoms with van der Waals surface area (Å²) in [6.07, 6.45) is 9.14. The van der Waals surface area contributed by atoms with E-state index in [0.29, 0.717) is 5.75 Å². The van der Waals surface area contributed by atoms with Gasteiger partial charge in [-0.3, -0.25) is 0 Å². The molecule has 0 amide bonds. The molecular weight excluding hydrogens is 412 g/mol. The molecule has 1 N–H and O–H groups in total. The van der Waals surface area contributed by atoms with Crippen molar-refractivity contribution in [2.45, 2.75) is 19.3 Å². The first-order valence-electron chi connectivity index (χ1n) is 10.9. The van der Waals surface area contributed by atoms with Gasteiger partial charge in [0, 0.05) is 7.11 Å². The molecule has 0 aliphatic heterocycles. The number of methoxy groups -OCH3 is 1. The van der Waals surface area contributed by atoms with Crippen molar-refractivity contribution in [3.8, 4) is 11.5 Å². The van der Waals surface area contributed by atoms with Crippen LogP contribution < -0.4 is 9.47 Å². The molecular formula is C29H30O4. The smallest absolute Gasteiger partial charge is 0.196 e. The lowest BCUT2D eigenvalue weighted by Gasteiger charge is -2.17. The molecule has 4 heteroatoms. The van der Waals surface area contributed by atoms with Crippen LogP contribution in [0.3, 0.4) is 0 Å². The van der Waals surface area contributed by atoms with Crippen molar-refractivity contribution in [3.05, 3.63) is 114 Å². The minimum atomic E-state index is -0.414. The molecule has 0 aliphatic carbocycles. The summed E-state index contributed by atoms with van der Waals surface area (Å²) in [5.74, 6) is 1.48. The molecule has 33 heavy (non-hydrogen) atoms. The summed E-state index contributed by atoms with van der Waals surface area (Å²) >= 11 is 0. The second kappa shape index (κ2) is 12.4. The fourth-order valence-corrected chi connectivity index (χ4v) is 3.11. The molecule has 0 bridgehead atoms. The van der Waals surface area contributed by atoms with E-state index in [2.05, 4.69) is 6.58 Å². The highest BCUT2D eigenvalue weighted by Crippen LogP contribution is 2.23. The monoisotopic (exact) mass is 442 g/mol. The predicted molar refractivity (Wildman–Crippen MR) is 135 cm³/mol. The van der Waals surface area contributed by atoms with Gasteiger partial charge in [-0.05, 0) is 53.4 Å². The van der Waals surface area contributed by atoms with Crippen LogP contribution >= 0.6 is 0 Å². The highest BCUT2D eigenvalue weighted by molar-refractivity contribution is 5.58. The molecule has 0 heterocycles. The molecule has 0 spiro atoms. The van der Waals surface area contributed by atoms with Crippen LogP contribution in [0.15, 0.2) is 91.5 Å². The molecule has 0 aromatic heterocycles. The first-order chi connectivity index (χ1) is 16.1. The Hall–Kier alpha value is -3.60. The third kappa shape index (κ3) is 7.49. The van der Waals surface area contributed by atoms with Crippen molar-refractivity contribution in [3.63, 3.8) is 0 Å². The summed E-state index contributed by atoms with van der Waals surface area (Å²) in [5, 5.41) is 9.75. The number of rotatable bonds is 11. The Morgan fingerprint density at radius 2 is 1.24 bits per heavy atom. The van der Waals surface area contributed by atoms with Crippen LogP contribution in [0.25, 0.3) is 18.2 Å². The second-order valence-corrected chi connectivity index (χ2v) is 7.44. The first kappa shape index (κ1) is 24.1. The van der Waals surface area contributed by atoms with Gasteiger partial charge in [-0.2, -0.15) is 0 Å². The Morgan fingerprint density at radius 1 is 0.758 bits per heavy atom. The van der Waals surface area contributed by atoms with Crippen LogP contribution in [0.4, 0.5) is 0 Å². The second-order valence-electron chi connectivity index (χ2n) is 7.44. The van der Waals surface area contributed by atoms with Crippen LogP contribution in [-0.4, -0.2) is 25.1 Å². The lowest BCUT2D eigenvalue weighted by molar-refractivity contribution is -0.0382. The fraction of sp³-hybridized carbons (Fsp3) is 0.172. The molecule has 2 atom stereocenters. The zero-order chi connectivity index (χ0) is 23.5. The van der Waals surface area contributed by atoms with Crippen molar-refractivity contribution >= 4 is 18.2 Å². The predicted octanol–water partition coefficient (Wildman–Crippen LogP) is 6.54. The van der Waals surface area contributed by atoms with E-state index in [1.807, 2.05) is 104 Å². The zero-order valence-corrected chi connectivity index (χ0v) is 19.1. The third-order valence-electron chi connectivity index (χ3n) is 5.07. The van der Waals surface area contributed by atoms with Gasteiger partial charge in [-0.25, -0.2) is 0 Å². The van der Waals surface area contributed by atoms with E-state index >= 15 is 0 Å². The van der Waals surface area contributed by atoms with Gasteiger partial charge < -0.3 is 19.3 Å². The number of allylic oxidation sites excluding steroid dienone is 2. The number of benzene rings is 3. The van der Waals surface area contributed by atoms with Crippen LogP contribution in [-0.2, 0) is 4.74 Å². The van der Waals surface area contributed by atoms with Crippen LogP contribution in [0.1, 0.15) is 35.3 Å². The van der Waals surface area contributed by atoms with Crippen molar-refractivity contribution in [2.24, 2.45) is 0 Å². The first-order valence-corrected chi connectivity index (χ1v) is 10.9. The Labute approximate surface area is 196 Å². The lowest BCUT2D eigenvalue weighted by atomic mass is 10.1. The Bertz CT molecular complexity index is 1050. The number of hydrogen-bond donors (Lipinski definition) is 1. The molecule has 0 saturated carbocycles. The summed E-state index contributed by atoms with van der Waals surface area (Å²) in [6, 6.07) is 23.4. The van der Waals surface area contributed by atoms with E-state index in [-0.39, 0.29) is 12.9 Å². The molecule has 3 aromatic carbocycles. The maximum Gasteiger partial charge on any atom is 0.196 e. The Kier molecular flexibility index (Phi) is 9.07. The van der Waals surface area contributed by atoms with E-state index in [1.54, 1.807) is 13.2 Å². The number of hydrogen-bond acceptors (Lipinski definition) is 4. The Morgan fingerprint density at radius 3 is 1.70 bits per heavy atom. The highest BCUT2D eigenvalue weighted by Gasteiger charge is 2.12. The molecule has 3 rings (SSSR count). The lowest BCUT2D eigenvalue weighted by Crippen LogP contribution is -2.13. The molecule has 0 fully saturated rings. The van der Waals surface area contributed by atoms with Crippen LogP contribution in [0.2, 0.25) is 0 Å². The van der Waals surface area contributed by atoms with E-state index in [9.17, 15) is 5.11 Å². The largest absolute Gasteiger partial charge is 0.483 e. The SMILES string of the molecule is C=Cc1ccc(C(CO)Oc2ccc(C=CC=Cc3ccc(OC(C)OC)cc3)cc2)cc1. The minimum Gasteiger partial charge on any atom is -0.483 e. The van der Waals surface area contributed by atoms with Gasteiger partial charge in [-0.15, -0.1) is 0 Å². The standard InChI is InChI=1S/C29H30O4/c1-4-23-9-15-26(16-10-23)29(21-30)33-28-19-13-25(14-20-28)8-6-5-7-24-11-17-27(18-12-24)32-22(2)31-3/h4-20,22,29-30H,1,21H2,2-3H3. The molecule has 170 valence electrons. The molecule has 2 unspecified atom stereocenters. The minimum absolute atomic E-state index is 0.0988. The number of aliphatic hydroxyl groups excluding tert-OH is 1. The summed E-state index contributed by atoms with van der Waals surface area (Å²) in [7, 11) is 1.62. The maximum absolute atomic E-state index is 9.75. The summed E-state index contributed by atoms with van der Waals surface area (Å²) < 4.78 is 16.7. The molecule has 0 aliphatic rings. The fourth-order valence-electron chi connectivity index (χ4n) is 3.11. The summed E-state index contributed by atoms with van der Waals surface area (Å²) in [6.45, 7) is 5.51. The zero-order valence-electron chi connectivity index (χ0n) is 19.1. The summed E-state index contributed by atoms with van der Waals surface area (Å²) in [5.41, 5.74) is 4.09. The molecule has 0 radical (unpaired) electrons. The quantitative estimate of drug-likeness (QED) is 0.271. The average Bonchev–Trinajstić information content (AvgIpc) is 2.87. The maximum atomic E-state index is 9.75. The van der Waals surface area contributed by atoms with Crippen molar-refractivity contribution < 1.29 is 19.3 Å². The average molecular weight is 443 g/mol. The van der Waals surface area contributed by atoms with E-state index in [4.69, 9.17) is 14.2 Å². The van der Waals surface area contributed by atoms with E-state index in [1.165, 1.54) is 0 Å². The van der Waals surface area contributed by atoms with Crippen LogP contribution in [0, 0.1) is 0 Å². The summed E-state index contributed by atoms with van der Waals surface area (Å²) in [4.78, 5) is 0. The van der Waals surface area contributed by atoms with Gasteiger partial charge in [0.2, 0.25) is 0 Å².